The second-order valence-electron chi connectivity index (χ2n) is 4.51. The van der Waals surface area contributed by atoms with Gasteiger partial charge in [-0.15, -0.1) is 0 Å². The van der Waals surface area contributed by atoms with Gasteiger partial charge in [0.2, 0.25) is 0 Å². The number of Topliss-reactive ketones (excluding diaryl/α,β-unsaturated/α-hetero) is 1. The lowest BCUT2D eigenvalue weighted by Crippen LogP contribution is -2.41. The number of carbonyl (C=O) groups is 2. The first kappa shape index (κ1) is 13.9. The van der Waals surface area contributed by atoms with E-state index in [1.165, 1.54) is 0 Å². The average molecular weight is 215 g/mol. The fraction of sp³-hybridized carbons (Fsp3) is 0.818. The summed E-state index contributed by atoms with van der Waals surface area (Å²) in [6.45, 7) is 7.78. The SMILES string of the molecule is CCC(=O)CCCOC(=O)NC(C)(C)C. The molecule has 1 N–H and O–H groups in total. The number of ketones is 1. The first-order chi connectivity index (χ1) is 6.85. The minimum atomic E-state index is -0.425. The first-order valence-electron chi connectivity index (χ1n) is 5.32. The van der Waals surface area contributed by atoms with Crippen LogP contribution in [0.1, 0.15) is 47.0 Å². The van der Waals surface area contributed by atoms with Crippen molar-refractivity contribution in [1.82, 2.24) is 5.32 Å². The molecule has 0 aromatic rings. The lowest BCUT2D eigenvalue weighted by atomic mass is 10.1. The van der Waals surface area contributed by atoms with Crippen molar-refractivity contribution in [3.8, 4) is 0 Å². The molecule has 0 heterocycles. The largest absolute Gasteiger partial charge is 0.450 e. The third-order valence-corrected chi connectivity index (χ3v) is 1.70. The van der Waals surface area contributed by atoms with E-state index in [9.17, 15) is 9.59 Å². The van der Waals surface area contributed by atoms with E-state index in [0.29, 0.717) is 25.9 Å². The molecule has 0 unspecified atom stereocenters. The Morgan fingerprint density at radius 3 is 2.33 bits per heavy atom. The molecule has 0 aliphatic heterocycles. The molecule has 1 amide bonds. The van der Waals surface area contributed by atoms with Crippen LogP contribution in [0, 0.1) is 0 Å². The fourth-order valence-electron chi connectivity index (χ4n) is 0.953. The van der Waals surface area contributed by atoms with Gasteiger partial charge >= 0.3 is 6.09 Å². The molecule has 4 heteroatoms. The number of alkyl carbamates (subject to hydrolysis) is 1. The van der Waals surface area contributed by atoms with Gasteiger partial charge in [-0.25, -0.2) is 4.79 Å². The minimum absolute atomic E-state index is 0.204. The second kappa shape index (κ2) is 6.43. The highest BCUT2D eigenvalue weighted by molar-refractivity contribution is 5.77. The van der Waals surface area contributed by atoms with Crippen LogP contribution in [-0.4, -0.2) is 24.0 Å². The van der Waals surface area contributed by atoms with E-state index in [2.05, 4.69) is 5.32 Å². The average Bonchev–Trinajstić information content (AvgIpc) is 2.09. The van der Waals surface area contributed by atoms with E-state index in [0.717, 1.165) is 0 Å². The molecule has 0 aromatic carbocycles. The summed E-state index contributed by atoms with van der Waals surface area (Å²) in [5, 5.41) is 2.68. The number of hydrogen-bond donors (Lipinski definition) is 1. The maximum atomic E-state index is 11.2. The highest BCUT2D eigenvalue weighted by Gasteiger charge is 2.14. The molecular formula is C11H21NO3. The van der Waals surface area contributed by atoms with Crippen LogP contribution in [0.5, 0.6) is 0 Å². The van der Waals surface area contributed by atoms with Crippen molar-refractivity contribution in [2.75, 3.05) is 6.61 Å². The summed E-state index contributed by atoms with van der Waals surface area (Å²) in [5.41, 5.74) is -0.281. The Labute approximate surface area is 91.4 Å². The predicted octanol–water partition coefficient (Wildman–Crippen LogP) is 2.27. The van der Waals surface area contributed by atoms with E-state index in [-0.39, 0.29) is 11.3 Å². The zero-order chi connectivity index (χ0) is 11.9. The summed E-state index contributed by atoms with van der Waals surface area (Å²) in [6, 6.07) is 0. The van der Waals surface area contributed by atoms with Gasteiger partial charge in [0.1, 0.15) is 5.78 Å². The van der Waals surface area contributed by atoms with Gasteiger partial charge in [-0.3, -0.25) is 4.79 Å². The molecule has 0 fully saturated rings. The van der Waals surface area contributed by atoms with Crippen LogP contribution in [0.15, 0.2) is 0 Å². The second-order valence-corrected chi connectivity index (χ2v) is 4.51. The van der Waals surface area contributed by atoms with Gasteiger partial charge in [0.05, 0.1) is 6.61 Å². The normalized spacial score (nSPS) is 10.9. The molecule has 0 saturated heterocycles. The maximum absolute atomic E-state index is 11.2. The van der Waals surface area contributed by atoms with Crippen molar-refractivity contribution in [1.29, 1.82) is 0 Å². The standard InChI is InChI=1S/C11H21NO3/c1-5-9(13)7-6-8-15-10(14)12-11(2,3)4/h5-8H2,1-4H3,(H,12,14). The van der Waals surface area contributed by atoms with E-state index in [4.69, 9.17) is 4.74 Å². The zero-order valence-electron chi connectivity index (χ0n) is 10.1. The topological polar surface area (TPSA) is 55.4 Å². The van der Waals surface area contributed by atoms with E-state index in [1.54, 1.807) is 0 Å². The van der Waals surface area contributed by atoms with E-state index in [1.807, 2.05) is 27.7 Å². The molecule has 15 heavy (non-hydrogen) atoms. The van der Waals surface area contributed by atoms with Crippen molar-refractivity contribution in [2.45, 2.75) is 52.5 Å². The first-order valence-corrected chi connectivity index (χ1v) is 5.32. The van der Waals surface area contributed by atoms with Gasteiger partial charge in [0.15, 0.2) is 0 Å². The summed E-state index contributed by atoms with van der Waals surface area (Å²) in [4.78, 5) is 22.1. The van der Waals surface area contributed by atoms with Crippen LogP contribution in [0.3, 0.4) is 0 Å². The quantitative estimate of drug-likeness (QED) is 0.716. The van der Waals surface area contributed by atoms with Crippen LogP contribution in [0.2, 0.25) is 0 Å². The summed E-state index contributed by atoms with van der Waals surface area (Å²) in [5.74, 6) is 0.204. The molecule has 0 atom stereocenters. The Morgan fingerprint density at radius 2 is 1.87 bits per heavy atom. The molecule has 0 rings (SSSR count). The third-order valence-electron chi connectivity index (χ3n) is 1.70. The molecule has 0 aromatic heterocycles. The monoisotopic (exact) mass is 215 g/mol. The van der Waals surface area contributed by atoms with Crippen LogP contribution in [0.25, 0.3) is 0 Å². The number of hydrogen-bond acceptors (Lipinski definition) is 3. The van der Waals surface area contributed by atoms with Gasteiger partial charge in [-0.1, -0.05) is 6.92 Å². The molecule has 0 radical (unpaired) electrons. The summed E-state index contributed by atoms with van der Waals surface area (Å²) < 4.78 is 4.91. The lowest BCUT2D eigenvalue weighted by molar-refractivity contribution is -0.119. The van der Waals surface area contributed by atoms with Crippen molar-refractivity contribution in [3.63, 3.8) is 0 Å². The Balaban J connectivity index is 3.52. The lowest BCUT2D eigenvalue weighted by Gasteiger charge is -2.19. The molecule has 4 nitrogen and oxygen atoms in total. The number of rotatable bonds is 5. The minimum Gasteiger partial charge on any atom is -0.450 e. The van der Waals surface area contributed by atoms with Crippen molar-refractivity contribution in [2.24, 2.45) is 0 Å². The smallest absolute Gasteiger partial charge is 0.407 e. The molecule has 0 aliphatic rings. The van der Waals surface area contributed by atoms with Crippen molar-refractivity contribution in [3.05, 3.63) is 0 Å². The summed E-state index contributed by atoms with van der Waals surface area (Å²) in [7, 11) is 0. The Kier molecular flexibility index (Phi) is 5.97. The van der Waals surface area contributed by atoms with Gasteiger partial charge in [-0.05, 0) is 27.2 Å². The van der Waals surface area contributed by atoms with Crippen LogP contribution in [-0.2, 0) is 9.53 Å². The molecule has 0 aliphatic carbocycles. The van der Waals surface area contributed by atoms with Gasteiger partial charge in [0, 0.05) is 18.4 Å². The van der Waals surface area contributed by atoms with Crippen molar-refractivity contribution >= 4 is 11.9 Å². The fourth-order valence-corrected chi connectivity index (χ4v) is 0.953. The number of carbonyl (C=O) groups excluding carboxylic acids is 2. The molecule has 0 spiro atoms. The number of nitrogens with one attached hydrogen (secondary N) is 1. The highest BCUT2D eigenvalue weighted by Crippen LogP contribution is 2.00. The zero-order valence-corrected chi connectivity index (χ0v) is 10.1. The summed E-state index contributed by atoms with van der Waals surface area (Å²) in [6.07, 6.45) is 1.21. The van der Waals surface area contributed by atoms with Crippen LogP contribution in [0.4, 0.5) is 4.79 Å². The third kappa shape index (κ3) is 9.25. The Hall–Kier alpha value is -1.06. The Bertz CT molecular complexity index is 218. The van der Waals surface area contributed by atoms with Crippen LogP contribution < -0.4 is 5.32 Å². The molecule has 0 saturated carbocycles. The highest BCUT2D eigenvalue weighted by atomic mass is 16.5. The predicted molar refractivity (Wildman–Crippen MR) is 58.8 cm³/mol. The van der Waals surface area contributed by atoms with E-state index < -0.39 is 6.09 Å². The van der Waals surface area contributed by atoms with Gasteiger partial charge < -0.3 is 10.1 Å². The summed E-state index contributed by atoms with van der Waals surface area (Å²) >= 11 is 0. The number of amides is 1. The molecular weight excluding hydrogens is 194 g/mol. The maximum Gasteiger partial charge on any atom is 0.407 e. The number of ether oxygens (including phenoxy) is 1. The molecule has 0 bridgehead atoms. The molecule has 88 valence electrons. The van der Waals surface area contributed by atoms with Gasteiger partial charge in [0.25, 0.3) is 0 Å². The van der Waals surface area contributed by atoms with Gasteiger partial charge in [-0.2, -0.15) is 0 Å². The van der Waals surface area contributed by atoms with E-state index >= 15 is 0 Å². The Morgan fingerprint density at radius 1 is 1.27 bits per heavy atom. The van der Waals surface area contributed by atoms with Crippen LogP contribution >= 0.6 is 0 Å². The van der Waals surface area contributed by atoms with Crippen molar-refractivity contribution < 1.29 is 14.3 Å².